The van der Waals surface area contributed by atoms with Crippen LogP contribution in [0.2, 0.25) is 5.02 Å². The van der Waals surface area contributed by atoms with Crippen molar-refractivity contribution in [3.63, 3.8) is 0 Å². The summed E-state index contributed by atoms with van der Waals surface area (Å²) in [5.74, 6) is -0.344. The highest BCUT2D eigenvalue weighted by atomic mass is 35.5. The number of piperidine rings is 1. The van der Waals surface area contributed by atoms with E-state index in [0.717, 1.165) is 6.42 Å². The van der Waals surface area contributed by atoms with Gasteiger partial charge in [-0.2, -0.15) is 0 Å². The molecule has 28 heavy (non-hydrogen) atoms. The van der Waals surface area contributed by atoms with Gasteiger partial charge in [0.25, 0.3) is 15.9 Å². The maximum Gasteiger partial charge on any atom is 0.407 e. The lowest BCUT2D eigenvalue weighted by molar-refractivity contribution is -0.0258. The second-order valence-corrected chi connectivity index (χ2v) is 8.51. The van der Waals surface area contributed by atoms with Crippen molar-refractivity contribution in [1.29, 1.82) is 0 Å². The average molecular weight is 434 g/mol. The number of amides is 2. The SMILES string of the molecule is CCOC(=O)NC1CCCN(C(=O)c2ccc(Cl)c(S(=O)(=O)N(C)OC)c2)C1. The third kappa shape index (κ3) is 5.13. The minimum Gasteiger partial charge on any atom is -0.450 e. The van der Waals surface area contributed by atoms with Gasteiger partial charge in [0.15, 0.2) is 0 Å². The van der Waals surface area contributed by atoms with Crippen LogP contribution < -0.4 is 5.32 Å². The first-order valence-electron chi connectivity index (χ1n) is 8.75. The minimum atomic E-state index is -4.00. The molecule has 0 aromatic heterocycles. The normalized spacial score (nSPS) is 17.5. The summed E-state index contributed by atoms with van der Waals surface area (Å²) in [5.41, 5.74) is 0.185. The van der Waals surface area contributed by atoms with Crippen LogP contribution in [0.5, 0.6) is 0 Å². The molecular formula is C17H24ClN3O6S. The van der Waals surface area contributed by atoms with Crippen molar-refractivity contribution in [3.8, 4) is 0 Å². The molecule has 1 aromatic rings. The summed E-state index contributed by atoms with van der Waals surface area (Å²) < 4.78 is 30.5. The molecule has 0 aliphatic carbocycles. The van der Waals surface area contributed by atoms with E-state index in [1.165, 1.54) is 32.4 Å². The number of ether oxygens (including phenoxy) is 1. The predicted octanol–water partition coefficient (Wildman–Crippen LogP) is 1.87. The highest BCUT2D eigenvalue weighted by Crippen LogP contribution is 2.26. The Bertz CT molecular complexity index is 832. The maximum atomic E-state index is 12.9. The Morgan fingerprint density at radius 3 is 2.75 bits per heavy atom. The fourth-order valence-corrected chi connectivity index (χ4v) is 4.35. The molecule has 1 aromatic carbocycles. The molecule has 2 amide bonds. The second-order valence-electron chi connectivity index (χ2n) is 6.20. The van der Waals surface area contributed by atoms with Crippen LogP contribution >= 0.6 is 11.6 Å². The van der Waals surface area contributed by atoms with Crippen LogP contribution in [0.25, 0.3) is 0 Å². The van der Waals surface area contributed by atoms with Gasteiger partial charge in [0.05, 0.1) is 18.7 Å². The predicted molar refractivity (Wildman–Crippen MR) is 102 cm³/mol. The number of carbonyl (C=O) groups is 2. The Morgan fingerprint density at radius 2 is 2.11 bits per heavy atom. The molecule has 2 rings (SSSR count). The number of alkyl carbamates (subject to hydrolysis) is 1. The van der Waals surface area contributed by atoms with Crippen LogP contribution in [0, 0.1) is 0 Å². The molecule has 1 N–H and O–H groups in total. The van der Waals surface area contributed by atoms with E-state index in [1.54, 1.807) is 11.8 Å². The molecule has 1 fully saturated rings. The zero-order valence-electron chi connectivity index (χ0n) is 16.0. The average Bonchev–Trinajstić information content (AvgIpc) is 2.67. The first-order valence-corrected chi connectivity index (χ1v) is 10.6. The molecule has 1 aliphatic heterocycles. The zero-order chi connectivity index (χ0) is 20.9. The lowest BCUT2D eigenvalue weighted by Gasteiger charge is -2.33. The Balaban J connectivity index is 2.20. The van der Waals surface area contributed by atoms with Gasteiger partial charge in [-0.05, 0) is 38.0 Å². The van der Waals surface area contributed by atoms with Crippen LogP contribution in [0.15, 0.2) is 23.1 Å². The minimum absolute atomic E-state index is 0.0130. The van der Waals surface area contributed by atoms with Crippen molar-refractivity contribution < 1.29 is 27.6 Å². The molecule has 0 spiro atoms. The lowest BCUT2D eigenvalue weighted by Crippen LogP contribution is -2.49. The fourth-order valence-electron chi connectivity index (χ4n) is 2.87. The molecule has 1 saturated heterocycles. The van der Waals surface area contributed by atoms with Crippen molar-refractivity contribution in [3.05, 3.63) is 28.8 Å². The molecule has 0 bridgehead atoms. The molecule has 11 heteroatoms. The number of sulfonamides is 1. The molecule has 0 radical (unpaired) electrons. The zero-order valence-corrected chi connectivity index (χ0v) is 17.5. The number of rotatable bonds is 6. The third-order valence-electron chi connectivity index (χ3n) is 4.36. The van der Waals surface area contributed by atoms with E-state index in [9.17, 15) is 18.0 Å². The smallest absolute Gasteiger partial charge is 0.407 e. The van der Waals surface area contributed by atoms with Crippen molar-refractivity contribution in [2.24, 2.45) is 0 Å². The standard InChI is InChI=1S/C17H24ClN3O6S/c1-4-27-17(23)19-13-6-5-9-21(11-13)16(22)12-7-8-14(18)15(10-12)28(24,25)20(2)26-3/h7-8,10,13H,4-6,9,11H2,1-3H3,(H,19,23). The summed E-state index contributed by atoms with van der Waals surface area (Å²) in [5, 5.41) is 2.72. The first kappa shape index (κ1) is 22.4. The van der Waals surface area contributed by atoms with E-state index in [2.05, 4.69) is 5.32 Å². The molecule has 9 nitrogen and oxygen atoms in total. The second kappa shape index (κ2) is 9.55. The Kier molecular flexibility index (Phi) is 7.64. The summed E-state index contributed by atoms with van der Waals surface area (Å²) in [6.07, 6.45) is 0.902. The number of nitrogens with zero attached hydrogens (tertiary/aromatic N) is 2. The summed E-state index contributed by atoms with van der Waals surface area (Å²) in [4.78, 5) is 30.6. The van der Waals surface area contributed by atoms with Gasteiger partial charge in [-0.3, -0.25) is 9.63 Å². The number of carbonyl (C=O) groups excluding carboxylic acids is 2. The summed E-state index contributed by atoms with van der Waals surface area (Å²) in [6, 6.07) is 3.84. The monoisotopic (exact) mass is 433 g/mol. The lowest BCUT2D eigenvalue weighted by atomic mass is 10.0. The van der Waals surface area contributed by atoms with Crippen LogP contribution in [0.4, 0.5) is 4.79 Å². The topological polar surface area (TPSA) is 105 Å². The summed E-state index contributed by atoms with van der Waals surface area (Å²) in [6.45, 7) is 2.78. The van der Waals surface area contributed by atoms with Crippen LogP contribution in [-0.4, -0.2) is 69.7 Å². The van der Waals surface area contributed by atoms with E-state index in [-0.39, 0.29) is 34.0 Å². The number of hydrogen-bond donors (Lipinski definition) is 1. The van der Waals surface area contributed by atoms with Gasteiger partial charge in [-0.1, -0.05) is 16.1 Å². The Hall–Kier alpha value is -1.88. The summed E-state index contributed by atoms with van der Waals surface area (Å²) >= 11 is 6.03. The molecule has 1 atom stereocenters. The van der Waals surface area contributed by atoms with Gasteiger partial charge >= 0.3 is 6.09 Å². The van der Waals surface area contributed by atoms with E-state index in [1.807, 2.05) is 0 Å². The van der Waals surface area contributed by atoms with Gasteiger partial charge in [0, 0.05) is 31.7 Å². The van der Waals surface area contributed by atoms with Gasteiger partial charge in [-0.15, -0.1) is 0 Å². The third-order valence-corrected chi connectivity index (χ3v) is 6.52. The number of benzene rings is 1. The quantitative estimate of drug-likeness (QED) is 0.686. The van der Waals surface area contributed by atoms with Crippen LogP contribution in [0.1, 0.15) is 30.1 Å². The number of hydroxylamine groups is 1. The maximum absolute atomic E-state index is 12.9. The van der Waals surface area contributed by atoms with Crippen molar-refractivity contribution in [2.75, 3.05) is 33.9 Å². The highest BCUT2D eigenvalue weighted by Gasteiger charge is 2.29. The van der Waals surface area contributed by atoms with Crippen LogP contribution in [0.3, 0.4) is 0 Å². The largest absolute Gasteiger partial charge is 0.450 e. The van der Waals surface area contributed by atoms with Crippen molar-refractivity contribution >= 4 is 33.6 Å². The van der Waals surface area contributed by atoms with Gasteiger partial charge < -0.3 is 15.0 Å². The van der Waals surface area contributed by atoms with E-state index in [4.69, 9.17) is 21.2 Å². The molecule has 1 unspecified atom stereocenters. The molecule has 156 valence electrons. The van der Waals surface area contributed by atoms with E-state index >= 15 is 0 Å². The van der Waals surface area contributed by atoms with Crippen LogP contribution in [-0.2, 0) is 19.6 Å². The van der Waals surface area contributed by atoms with Crippen molar-refractivity contribution in [2.45, 2.75) is 30.7 Å². The molecule has 0 saturated carbocycles. The number of nitrogens with one attached hydrogen (secondary N) is 1. The highest BCUT2D eigenvalue weighted by molar-refractivity contribution is 7.89. The Morgan fingerprint density at radius 1 is 1.39 bits per heavy atom. The number of halogens is 1. The van der Waals surface area contributed by atoms with E-state index < -0.39 is 16.1 Å². The summed E-state index contributed by atoms with van der Waals surface area (Å²) in [7, 11) is -1.56. The molecular weight excluding hydrogens is 410 g/mol. The van der Waals surface area contributed by atoms with Gasteiger partial charge in [-0.25, -0.2) is 13.2 Å². The molecule has 1 heterocycles. The Labute approximate surface area is 169 Å². The van der Waals surface area contributed by atoms with Crippen molar-refractivity contribution in [1.82, 2.24) is 14.7 Å². The fraction of sp³-hybridized carbons (Fsp3) is 0.529. The van der Waals surface area contributed by atoms with Gasteiger partial charge in [0.2, 0.25) is 0 Å². The van der Waals surface area contributed by atoms with E-state index in [0.29, 0.717) is 24.0 Å². The molecule has 1 aliphatic rings. The number of likely N-dealkylation sites (tertiary alicyclic amines) is 1. The number of hydrogen-bond acceptors (Lipinski definition) is 6. The first-order chi connectivity index (χ1) is 13.2. The van der Waals surface area contributed by atoms with Gasteiger partial charge in [0.1, 0.15) is 4.90 Å².